The Morgan fingerprint density at radius 2 is 1.80 bits per heavy atom. The van der Waals surface area contributed by atoms with Crippen LogP contribution >= 0.6 is 0 Å². The maximum Gasteiger partial charge on any atom is 1.00 e. The molecule has 0 atom stereocenters. The molecule has 0 radical (unpaired) electrons. The molecule has 0 aromatic carbocycles. The van der Waals surface area contributed by atoms with Gasteiger partial charge in [-0.15, -0.1) is 4.91 Å². The molecule has 0 spiro atoms. The average molecular weight is 103 g/mol. The first-order valence-electron chi connectivity index (χ1n) is 0.383. The van der Waals surface area contributed by atoms with Gasteiger partial charge in [-0.2, -0.15) is 0 Å². The largest absolute Gasteiger partial charge is 1.00 e. The summed E-state index contributed by atoms with van der Waals surface area (Å²) in [5.41, 5.74) is 0. The van der Waals surface area contributed by atoms with Crippen molar-refractivity contribution >= 4 is 0 Å². The Bertz CT molecular complexity index is 21.0. The number of rotatable bonds is 0. The molecule has 0 aliphatic heterocycles. The van der Waals surface area contributed by atoms with E-state index in [1.165, 1.54) is 5.34 Å². The van der Waals surface area contributed by atoms with Crippen molar-refractivity contribution in [1.82, 2.24) is 0 Å². The van der Waals surface area contributed by atoms with Crippen LogP contribution in [-0.2, 0) is 21.7 Å². The van der Waals surface area contributed by atoms with E-state index in [2.05, 4.69) is 0 Å². The van der Waals surface area contributed by atoms with E-state index in [0.29, 0.717) is 0 Å². The quantitative estimate of drug-likeness (QED) is 0.205. The van der Waals surface area contributed by atoms with Gasteiger partial charge in [0.25, 0.3) is 0 Å². The van der Waals surface area contributed by atoms with Crippen LogP contribution in [0.25, 0.3) is 0 Å². The van der Waals surface area contributed by atoms with Gasteiger partial charge >= 0.3 is 18.9 Å². The second-order valence-corrected chi connectivity index (χ2v) is 0.0816. The molecule has 3 nitrogen and oxygen atoms in total. The summed E-state index contributed by atoms with van der Waals surface area (Å²) >= 11 is 0. The average Bonchev–Trinajstić information content (AvgIpc) is 0.918. The molecule has 0 heterocycles. The third kappa shape index (κ3) is 68.4. The molecule has 0 rings (SSSR count). The van der Waals surface area contributed by atoms with E-state index < -0.39 is 0 Å². The second-order valence-electron chi connectivity index (χ2n) is 0.0816. The fraction of sp³-hybridized carbons (Fsp3) is 0. The van der Waals surface area contributed by atoms with Crippen LogP contribution in [0.1, 0.15) is 1.43 Å². The van der Waals surface area contributed by atoms with Crippen LogP contribution in [0.15, 0.2) is 5.34 Å². The van der Waals surface area contributed by atoms with Crippen molar-refractivity contribution in [2.75, 3.05) is 0 Å². The fourth-order valence-corrected chi connectivity index (χ4v) is 0. The summed E-state index contributed by atoms with van der Waals surface area (Å²) in [6.45, 7) is 0. The standard InChI is InChI=1S/Li.HNO2.Ti.H/c;2-1-3;;/h;(H,2,3);;/q+1;;;-1. The molecule has 0 aliphatic rings. The van der Waals surface area contributed by atoms with Gasteiger partial charge in [0.15, 0.2) is 5.34 Å². The van der Waals surface area contributed by atoms with Gasteiger partial charge in [0.1, 0.15) is 0 Å². The van der Waals surface area contributed by atoms with Crippen LogP contribution in [0.5, 0.6) is 0 Å². The Hall–Kier alpha value is 0.712. The molecule has 0 aliphatic carbocycles. The number of hydrogen-bond donors (Lipinski definition) is 1. The summed E-state index contributed by atoms with van der Waals surface area (Å²) in [4.78, 5) is 8.11. The van der Waals surface area contributed by atoms with Crippen LogP contribution in [0, 0.1) is 4.91 Å². The van der Waals surface area contributed by atoms with Crippen molar-refractivity contribution in [3.8, 4) is 0 Å². The zero-order chi connectivity index (χ0) is 2.71. The van der Waals surface area contributed by atoms with E-state index in [4.69, 9.17) is 10.1 Å². The molecule has 0 unspecified atom stereocenters. The van der Waals surface area contributed by atoms with Crippen LogP contribution in [0.4, 0.5) is 0 Å². The summed E-state index contributed by atoms with van der Waals surface area (Å²) in [5, 5.41) is 7.89. The third-order valence-corrected chi connectivity index (χ3v) is 0. The van der Waals surface area contributed by atoms with Crippen LogP contribution in [-0.4, -0.2) is 5.21 Å². The smallest absolute Gasteiger partial charge is 1.00 e. The van der Waals surface area contributed by atoms with Crippen molar-refractivity contribution in [1.29, 1.82) is 0 Å². The van der Waals surface area contributed by atoms with E-state index in [-0.39, 0.29) is 42.0 Å². The first kappa shape index (κ1) is 17.2. The van der Waals surface area contributed by atoms with Crippen molar-refractivity contribution < 1.29 is 47.2 Å². The minimum absolute atomic E-state index is 0. The summed E-state index contributed by atoms with van der Waals surface area (Å²) in [6.07, 6.45) is 0. The van der Waals surface area contributed by atoms with Crippen molar-refractivity contribution in [3.63, 3.8) is 0 Å². The molecule has 5 heteroatoms. The van der Waals surface area contributed by atoms with Crippen LogP contribution in [0.2, 0.25) is 0 Å². The van der Waals surface area contributed by atoms with Crippen molar-refractivity contribution in [2.24, 2.45) is 5.34 Å². The first-order chi connectivity index (χ1) is 1.41. The summed E-state index contributed by atoms with van der Waals surface area (Å²) < 4.78 is 0. The predicted molar refractivity (Wildman–Crippen MR) is 8.69 cm³/mol. The van der Waals surface area contributed by atoms with Gasteiger partial charge in [-0.3, -0.25) is 0 Å². The number of nitrogens with zero attached hydrogens (tertiary/aromatic N) is 1. The van der Waals surface area contributed by atoms with Gasteiger partial charge in [0.05, 0.1) is 0 Å². The molecule has 24 valence electrons. The Morgan fingerprint density at radius 1 is 1.80 bits per heavy atom. The molecule has 0 bridgehead atoms. The SMILES string of the molecule is O=NO.[H-].[Li+].[Ti]. The molecule has 0 saturated heterocycles. The van der Waals surface area contributed by atoms with Gasteiger partial charge in [0.2, 0.25) is 0 Å². The summed E-state index contributed by atoms with van der Waals surface area (Å²) in [6, 6.07) is 0. The van der Waals surface area contributed by atoms with E-state index in [9.17, 15) is 0 Å². The minimum atomic E-state index is 0. The third-order valence-electron chi connectivity index (χ3n) is 0. The maximum atomic E-state index is 8.11. The zero-order valence-electron chi connectivity index (χ0n) is 3.80. The van der Waals surface area contributed by atoms with Gasteiger partial charge in [-0.1, -0.05) is 0 Å². The molecular formula is H2LiNO2Ti. The molecule has 0 saturated carbocycles. The molecular weight excluding hydrogens is 101 g/mol. The monoisotopic (exact) mass is 103 g/mol. The molecule has 0 aromatic rings. The molecule has 0 fully saturated rings. The zero-order valence-corrected chi connectivity index (χ0v) is 4.36. The molecule has 0 amide bonds. The summed E-state index contributed by atoms with van der Waals surface area (Å²) in [5.74, 6) is 0. The maximum absolute atomic E-state index is 8.11. The van der Waals surface area contributed by atoms with Gasteiger partial charge in [0, 0.05) is 21.7 Å². The Balaban J connectivity index is -0.00000000667. The molecule has 1 N–H and O–H groups in total. The van der Waals surface area contributed by atoms with E-state index in [1.54, 1.807) is 0 Å². The second kappa shape index (κ2) is 22.2. The minimum Gasteiger partial charge on any atom is -1.00 e. The predicted octanol–water partition coefficient (Wildman–Crippen LogP) is -2.74. The van der Waals surface area contributed by atoms with Crippen LogP contribution < -0.4 is 18.9 Å². The Morgan fingerprint density at radius 3 is 1.80 bits per heavy atom. The topological polar surface area (TPSA) is 49.7 Å². The van der Waals surface area contributed by atoms with Crippen molar-refractivity contribution in [2.45, 2.75) is 0 Å². The van der Waals surface area contributed by atoms with Gasteiger partial charge < -0.3 is 6.63 Å². The van der Waals surface area contributed by atoms with Crippen LogP contribution in [0.3, 0.4) is 0 Å². The van der Waals surface area contributed by atoms with E-state index >= 15 is 0 Å². The number of hydrogen-bond acceptors (Lipinski definition) is 2. The normalized spacial score (nSPS) is 2.40. The van der Waals surface area contributed by atoms with Crippen molar-refractivity contribution in [3.05, 3.63) is 4.91 Å². The Kier molecular flexibility index (Phi) is 76.4. The fourth-order valence-electron chi connectivity index (χ4n) is 0. The van der Waals surface area contributed by atoms with E-state index in [0.717, 1.165) is 0 Å². The van der Waals surface area contributed by atoms with Gasteiger partial charge in [-0.25, -0.2) is 0 Å². The molecule has 0 aromatic heterocycles. The Labute approximate surface area is 57.6 Å². The van der Waals surface area contributed by atoms with E-state index in [1.807, 2.05) is 0 Å². The molecule has 5 heavy (non-hydrogen) atoms. The first-order valence-corrected chi connectivity index (χ1v) is 0.383. The summed E-state index contributed by atoms with van der Waals surface area (Å²) in [7, 11) is 0. The van der Waals surface area contributed by atoms with Gasteiger partial charge in [-0.05, 0) is 0 Å².